The minimum Gasteiger partial charge on any atom is -0.393 e. The van der Waals surface area contributed by atoms with Crippen LogP contribution in [0, 0.1) is 11.7 Å². The summed E-state index contributed by atoms with van der Waals surface area (Å²) in [5.41, 5.74) is 0.849. The van der Waals surface area contributed by atoms with E-state index in [2.05, 4.69) is 26.6 Å². The Balaban J connectivity index is 0.000000375. The molecule has 1 heterocycles. The molecular weight excluding hydrogens is 571 g/mol. The molecule has 0 bridgehead atoms. The Morgan fingerprint density at radius 1 is 1.18 bits per heavy atom. The lowest BCUT2D eigenvalue weighted by Gasteiger charge is -2.46. The molecule has 0 radical (unpaired) electrons. The van der Waals surface area contributed by atoms with Crippen molar-refractivity contribution in [2.75, 3.05) is 20.3 Å². The summed E-state index contributed by atoms with van der Waals surface area (Å²) in [6.07, 6.45) is -0.247. The standard InChI is InChI=1S/C21H22BrFN2O3S.C8H10O/c1-13(26)16-9-10-28-12-21(16,17-11-15(22)7-8-18(17)23)25-20(29)24-19(27)14-5-3-2-4-6-14;1-9-7-8-5-3-2-4-6-8/h2-8,11,13,16,26H,9-10,12H2,1H3,(H2,24,25,27,29);2-6H,7H2,1H3. The van der Waals surface area contributed by atoms with Crippen LogP contribution in [0.1, 0.15) is 34.8 Å². The summed E-state index contributed by atoms with van der Waals surface area (Å²) in [4.78, 5) is 12.5. The van der Waals surface area contributed by atoms with E-state index >= 15 is 0 Å². The molecule has 1 aliphatic heterocycles. The normalized spacial score (nSPS) is 19.4. The molecule has 9 heteroatoms. The van der Waals surface area contributed by atoms with E-state index in [0.29, 0.717) is 35.2 Å². The van der Waals surface area contributed by atoms with Crippen molar-refractivity contribution in [2.24, 2.45) is 5.92 Å². The van der Waals surface area contributed by atoms with Crippen molar-refractivity contribution in [1.82, 2.24) is 10.6 Å². The first-order valence-electron chi connectivity index (χ1n) is 12.2. The van der Waals surface area contributed by atoms with Crippen molar-refractivity contribution in [1.29, 1.82) is 0 Å². The van der Waals surface area contributed by atoms with E-state index in [9.17, 15) is 14.3 Å². The Kier molecular flexibility index (Phi) is 11.4. The van der Waals surface area contributed by atoms with Gasteiger partial charge in [-0.05, 0) is 61.5 Å². The van der Waals surface area contributed by atoms with Gasteiger partial charge in [0.1, 0.15) is 5.82 Å². The number of hydrogen-bond donors (Lipinski definition) is 3. The van der Waals surface area contributed by atoms with Crippen molar-refractivity contribution >= 4 is 39.2 Å². The first-order chi connectivity index (χ1) is 18.3. The van der Waals surface area contributed by atoms with Crippen LogP contribution in [0.15, 0.2) is 83.3 Å². The van der Waals surface area contributed by atoms with E-state index in [4.69, 9.17) is 21.7 Å². The fourth-order valence-electron chi connectivity index (χ4n) is 4.50. The number of halogens is 2. The predicted octanol–water partition coefficient (Wildman–Crippen LogP) is 5.34. The second-order valence-electron chi connectivity index (χ2n) is 8.98. The maximum absolute atomic E-state index is 14.9. The van der Waals surface area contributed by atoms with Crippen LogP contribution in [-0.4, -0.2) is 42.6 Å². The number of hydrogen-bond acceptors (Lipinski definition) is 5. The topological polar surface area (TPSA) is 79.8 Å². The van der Waals surface area contributed by atoms with Gasteiger partial charge in [-0.1, -0.05) is 64.5 Å². The maximum Gasteiger partial charge on any atom is 0.257 e. The molecule has 6 nitrogen and oxygen atoms in total. The summed E-state index contributed by atoms with van der Waals surface area (Å²) >= 11 is 8.76. The zero-order valence-corrected chi connectivity index (χ0v) is 23.7. The molecule has 3 N–H and O–H groups in total. The molecule has 1 fully saturated rings. The van der Waals surface area contributed by atoms with Gasteiger partial charge in [0, 0.05) is 35.2 Å². The van der Waals surface area contributed by atoms with Crippen LogP contribution < -0.4 is 10.6 Å². The molecular formula is C29H32BrFN2O4S. The number of rotatable bonds is 6. The quantitative estimate of drug-likeness (QED) is 0.331. The number of thiocarbonyl (C=S) groups is 1. The number of nitrogens with one attached hydrogen (secondary N) is 2. The number of aliphatic hydroxyl groups excluding tert-OH is 1. The number of aliphatic hydroxyl groups is 1. The van der Waals surface area contributed by atoms with Crippen LogP contribution in [0.3, 0.4) is 0 Å². The molecule has 0 spiro atoms. The fourth-order valence-corrected chi connectivity index (χ4v) is 5.14. The number of ether oxygens (including phenoxy) is 2. The summed E-state index contributed by atoms with van der Waals surface area (Å²) in [5.74, 6) is -1.21. The minimum atomic E-state index is -1.14. The van der Waals surface area contributed by atoms with Crippen LogP contribution in [0.4, 0.5) is 4.39 Å². The molecule has 3 atom stereocenters. The molecule has 4 rings (SSSR count). The van der Waals surface area contributed by atoms with Crippen molar-refractivity contribution in [3.8, 4) is 0 Å². The van der Waals surface area contributed by atoms with Gasteiger partial charge in [0.05, 0.1) is 24.9 Å². The second kappa shape index (κ2) is 14.5. The highest BCUT2D eigenvalue weighted by molar-refractivity contribution is 9.10. The summed E-state index contributed by atoms with van der Waals surface area (Å²) in [5, 5.41) is 16.2. The number of carbonyl (C=O) groups excluding carboxylic acids is 1. The lowest BCUT2D eigenvalue weighted by molar-refractivity contribution is -0.0589. The van der Waals surface area contributed by atoms with E-state index in [1.807, 2.05) is 36.4 Å². The van der Waals surface area contributed by atoms with E-state index in [-0.39, 0.29) is 23.5 Å². The largest absolute Gasteiger partial charge is 0.393 e. The third-order valence-electron chi connectivity index (χ3n) is 6.28. The number of benzene rings is 3. The average molecular weight is 604 g/mol. The van der Waals surface area contributed by atoms with Crippen molar-refractivity contribution in [3.63, 3.8) is 0 Å². The summed E-state index contributed by atoms with van der Waals surface area (Å²) in [6.45, 7) is 2.91. The predicted molar refractivity (Wildman–Crippen MR) is 153 cm³/mol. The molecule has 3 aromatic rings. The number of amides is 1. The first kappa shape index (κ1) is 29.9. The second-order valence-corrected chi connectivity index (χ2v) is 10.3. The molecule has 202 valence electrons. The lowest BCUT2D eigenvalue weighted by Crippen LogP contribution is -2.61. The highest BCUT2D eigenvalue weighted by Crippen LogP contribution is 2.40. The van der Waals surface area contributed by atoms with Gasteiger partial charge in [0.2, 0.25) is 0 Å². The number of carbonyl (C=O) groups is 1. The van der Waals surface area contributed by atoms with E-state index in [0.717, 1.165) is 0 Å². The van der Waals surface area contributed by atoms with Gasteiger partial charge in [0.15, 0.2) is 5.11 Å². The molecule has 1 amide bonds. The third kappa shape index (κ3) is 7.91. The summed E-state index contributed by atoms with van der Waals surface area (Å²) in [7, 11) is 1.70. The first-order valence-corrected chi connectivity index (χ1v) is 13.4. The molecule has 3 aromatic carbocycles. The Morgan fingerprint density at radius 3 is 2.47 bits per heavy atom. The summed E-state index contributed by atoms with van der Waals surface area (Å²) in [6, 6.07) is 23.4. The van der Waals surface area contributed by atoms with Gasteiger partial charge < -0.3 is 19.9 Å². The van der Waals surface area contributed by atoms with Crippen LogP contribution in [0.5, 0.6) is 0 Å². The van der Waals surface area contributed by atoms with Crippen LogP contribution in [-0.2, 0) is 21.6 Å². The molecule has 0 aliphatic carbocycles. The van der Waals surface area contributed by atoms with Gasteiger partial charge >= 0.3 is 0 Å². The Labute approximate surface area is 236 Å². The Hall–Kier alpha value is -2.69. The monoisotopic (exact) mass is 602 g/mol. The molecule has 0 aromatic heterocycles. The van der Waals surface area contributed by atoms with Gasteiger partial charge in [-0.2, -0.15) is 0 Å². The molecule has 3 unspecified atom stereocenters. The van der Waals surface area contributed by atoms with E-state index < -0.39 is 17.5 Å². The molecule has 1 aliphatic rings. The van der Waals surface area contributed by atoms with Crippen molar-refractivity contribution < 1.29 is 23.8 Å². The van der Waals surface area contributed by atoms with Crippen LogP contribution in [0.25, 0.3) is 0 Å². The smallest absolute Gasteiger partial charge is 0.257 e. The van der Waals surface area contributed by atoms with Gasteiger partial charge in [-0.25, -0.2) is 4.39 Å². The molecule has 1 saturated heterocycles. The zero-order chi connectivity index (χ0) is 27.5. The minimum absolute atomic E-state index is 0.0365. The Morgan fingerprint density at radius 2 is 1.84 bits per heavy atom. The van der Waals surface area contributed by atoms with Crippen LogP contribution >= 0.6 is 28.1 Å². The van der Waals surface area contributed by atoms with Crippen LogP contribution in [0.2, 0.25) is 0 Å². The van der Waals surface area contributed by atoms with Gasteiger partial charge in [0.25, 0.3) is 5.91 Å². The zero-order valence-electron chi connectivity index (χ0n) is 21.3. The Bertz CT molecular complexity index is 1200. The van der Waals surface area contributed by atoms with Crippen molar-refractivity contribution in [3.05, 3.63) is 106 Å². The van der Waals surface area contributed by atoms with Crippen molar-refractivity contribution in [2.45, 2.75) is 31.6 Å². The SMILES string of the molecule is CC(O)C1CCOCC1(NC(=S)NC(=O)c1ccccc1)c1cc(Br)ccc1F.COCc1ccccc1. The summed E-state index contributed by atoms with van der Waals surface area (Å²) < 4.78 is 26.2. The fraction of sp³-hybridized carbons (Fsp3) is 0.310. The van der Waals surface area contributed by atoms with Gasteiger partial charge in [-0.3, -0.25) is 10.1 Å². The average Bonchev–Trinajstić information content (AvgIpc) is 2.91. The number of methoxy groups -OCH3 is 1. The van der Waals surface area contributed by atoms with E-state index in [1.165, 1.54) is 11.6 Å². The maximum atomic E-state index is 14.9. The highest BCUT2D eigenvalue weighted by atomic mass is 79.9. The van der Waals surface area contributed by atoms with E-state index in [1.54, 1.807) is 50.4 Å². The molecule has 0 saturated carbocycles. The lowest BCUT2D eigenvalue weighted by atomic mass is 9.73. The molecule has 38 heavy (non-hydrogen) atoms. The third-order valence-corrected chi connectivity index (χ3v) is 6.98. The van der Waals surface area contributed by atoms with Gasteiger partial charge in [-0.15, -0.1) is 0 Å². The highest BCUT2D eigenvalue weighted by Gasteiger charge is 2.47.